The molecule has 2 rings (SSSR count). The molecule has 0 unspecified atom stereocenters. The summed E-state index contributed by atoms with van der Waals surface area (Å²) in [6.07, 6.45) is 6.73. The Morgan fingerprint density at radius 2 is 2.00 bits per heavy atom. The van der Waals surface area contributed by atoms with E-state index in [9.17, 15) is 0 Å². The average molecular weight is 190 g/mol. The molecule has 0 spiro atoms. The molecule has 0 saturated heterocycles. The lowest BCUT2D eigenvalue weighted by atomic mass is 10.2. The Morgan fingerprint density at radius 1 is 1.29 bits per heavy atom. The molecule has 1 aromatic heterocycles. The predicted molar refractivity (Wildman–Crippen MR) is 57.4 cm³/mol. The number of allylic oxidation sites excluding steroid dienone is 1. The van der Waals surface area contributed by atoms with E-state index in [0.29, 0.717) is 5.82 Å². The summed E-state index contributed by atoms with van der Waals surface area (Å²) >= 11 is 0. The maximum absolute atomic E-state index is 5.75. The first-order chi connectivity index (χ1) is 6.66. The van der Waals surface area contributed by atoms with Crippen LogP contribution in [0.3, 0.4) is 0 Å². The van der Waals surface area contributed by atoms with Crippen molar-refractivity contribution in [3.05, 3.63) is 17.3 Å². The minimum absolute atomic E-state index is 0.239. The number of rotatable bonds is 2. The van der Waals surface area contributed by atoms with Crippen LogP contribution >= 0.6 is 0 Å². The van der Waals surface area contributed by atoms with Crippen molar-refractivity contribution >= 4 is 17.8 Å². The summed E-state index contributed by atoms with van der Waals surface area (Å²) in [5, 5.41) is 0. The first-order valence-corrected chi connectivity index (χ1v) is 4.74. The van der Waals surface area contributed by atoms with Crippen LogP contribution in [0, 0.1) is 12.8 Å². The van der Waals surface area contributed by atoms with E-state index in [-0.39, 0.29) is 5.95 Å². The molecule has 1 fully saturated rings. The van der Waals surface area contributed by atoms with Crippen molar-refractivity contribution in [2.45, 2.75) is 19.8 Å². The van der Waals surface area contributed by atoms with E-state index in [1.54, 1.807) is 0 Å². The minimum Gasteiger partial charge on any atom is -0.383 e. The zero-order valence-electron chi connectivity index (χ0n) is 8.20. The molecule has 4 heteroatoms. The number of hydrogen-bond acceptors (Lipinski definition) is 4. The highest BCUT2D eigenvalue weighted by Crippen LogP contribution is 2.31. The predicted octanol–water partition coefficient (Wildman–Crippen LogP) is 1.37. The monoisotopic (exact) mass is 190 g/mol. The quantitative estimate of drug-likeness (QED) is 0.738. The van der Waals surface area contributed by atoms with E-state index < -0.39 is 0 Å². The Morgan fingerprint density at radius 3 is 2.57 bits per heavy atom. The van der Waals surface area contributed by atoms with Gasteiger partial charge in [0, 0.05) is 5.56 Å². The van der Waals surface area contributed by atoms with Gasteiger partial charge in [-0.3, -0.25) is 0 Å². The zero-order valence-corrected chi connectivity index (χ0v) is 8.20. The maximum atomic E-state index is 5.75. The summed E-state index contributed by atoms with van der Waals surface area (Å²) in [5.74, 6) is 1.43. The Hall–Kier alpha value is -1.58. The van der Waals surface area contributed by atoms with Gasteiger partial charge in [0.15, 0.2) is 0 Å². The second kappa shape index (κ2) is 3.29. The highest BCUT2D eigenvalue weighted by molar-refractivity contribution is 5.64. The van der Waals surface area contributed by atoms with Crippen LogP contribution in [0.5, 0.6) is 0 Å². The molecule has 4 N–H and O–H groups in total. The van der Waals surface area contributed by atoms with Gasteiger partial charge in [0.05, 0.1) is 5.69 Å². The number of nitrogens with zero attached hydrogens (tertiary/aromatic N) is 2. The van der Waals surface area contributed by atoms with Gasteiger partial charge in [-0.1, -0.05) is 12.2 Å². The molecule has 0 bridgehead atoms. The van der Waals surface area contributed by atoms with E-state index in [4.69, 9.17) is 11.5 Å². The molecule has 14 heavy (non-hydrogen) atoms. The molecule has 0 aromatic carbocycles. The van der Waals surface area contributed by atoms with Crippen LogP contribution in [0.25, 0.3) is 6.08 Å². The number of aromatic nitrogens is 2. The highest BCUT2D eigenvalue weighted by atomic mass is 15.0. The van der Waals surface area contributed by atoms with Crippen molar-refractivity contribution < 1.29 is 0 Å². The number of nitrogen functional groups attached to an aromatic ring is 2. The third kappa shape index (κ3) is 1.84. The van der Waals surface area contributed by atoms with Crippen molar-refractivity contribution in [2.75, 3.05) is 11.5 Å². The Bertz CT molecular complexity index is 357. The van der Waals surface area contributed by atoms with Gasteiger partial charge in [0.1, 0.15) is 5.82 Å². The fourth-order valence-electron chi connectivity index (χ4n) is 1.35. The molecule has 1 aliphatic carbocycles. The van der Waals surface area contributed by atoms with Crippen LogP contribution < -0.4 is 11.5 Å². The van der Waals surface area contributed by atoms with E-state index in [1.165, 1.54) is 12.8 Å². The molecule has 4 nitrogen and oxygen atoms in total. The van der Waals surface area contributed by atoms with Gasteiger partial charge in [0.2, 0.25) is 5.95 Å². The molecule has 0 radical (unpaired) electrons. The van der Waals surface area contributed by atoms with Crippen LogP contribution in [0.4, 0.5) is 11.8 Å². The molecule has 1 aromatic rings. The molecule has 0 aliphatic heterocycles. The highest BCUT2D eigenvalue weighted by Gasteiger charge is 2.17. The molecule has 1 aliphatic rings. The van der Waals surface area contributed by atoms with E-state index in [1.807, 2.05) is 13.0 Å². The van der Waals surface area contributed by atoms with Crippen LogP contribution in [-0.2, 0) is 0 Å². The Balaban J connectivity index is 2.31. The smallest absolute Gasteiger partial charge is 0.222 e. The third-order valence-corrected chi connectivity index (χ3v) is 2.34. The lowest BCUT2D eigenvalue weighted by Crippen LogP contribution is -2.04. The fraction of sp³-hybridized carbons (Fsp3) is 0.400. The Labute approximate surface area is 83.0 Å². The van der Waals surface area contributed by atoms with Crippen molar-refractivity contribution in [3.63, 3.8) is 0 Å². The van der Waals surface area contributed by atoms with Crippen molar-refractivity contribution in [2.24, 2.45) is 5.92 Å². The number of anilines is 2. The molecular weight excluding hydrogens is 176 g/mol. The van der Waals surface area contributed by atoms with Gasteiger partial charge in [-0.05, 0) is 25.7 Å². The summed E-state index contributed by atoms with van der Waals surface area (Å²) in [6, 6.07) is 0. The summed E-state index contributed by atoms with van der Waals surface area (Å²) < 4.78 is 0. The Kier molecular flexibility index (Phi) is 2.11. The molecule has 0 amide bonds. The van der Waals surface area contributed by atoms with Crippen molar-refractivity contribution in [3.8, 4) is 0 Å². The molecule has 1 heterocycles. The largest absolute Gasteiger partial charge is 0.383 e. The maximum Gasteiger partial charge on any atom is 0.222 e. The molecule has 0 atom stereocenters. The second-order valence-corrected chi connectivity index (χ2v) is 3.66. The minimum atomic E-state index is 0.239. The van der Waals surface area contributed by atoms with Gasteiger partial charge in [-0.15, -0.1) is 0 Å². The van der Waals surface area contributed by atoms with Gasteiger partial charge in [-0.2, -0.15) is 4.98 Å². The summed E-state index contributed by atoms with van der Waals surface area (Å²) in [6.45, 7) is 1.89. The molecular formula is C10H14N4. The van der Waals surface area contributed by atoms with E-state index in [0.717, 1.165) is 17.2 Å². The summed E-state index contributed by atoms with van der Waals surface area (Å²) in [7, 11) is 0. The van der Waals surface area contributed by atoms with Crippen LogP contribution in [0.1, 0.15) is 24.1 Å². The average Bonchev–Trinajstić information content (AvgIpc) is 2.85. The third-order valence-electron chi connectivity index (χ3n) is 2.34. The number of nitrogens with two attached hydrogens (primary N) is 2. The zero-order chi connectivity index (χ0) is 10.1. The first kappa shape index (κ1) is 8.99. The topological polar surface area (TPSA) is 77.8 Å². The van der Waals surface area contributed by atoms with Crippen molar-refractivity contribution in [1.82, 2.24) is 9.97 Å². The number of hydrogen-bond donors (Lipinski definition) is 2. The second-order valence-electron chi connectivity index (χ2n) is 3.66. The van der Waals surface area contributed by atoms with Crippen LogP contribution in [-0.4, -0.2) is 9.97 Å². The SMILES string of the molecule is Cc1nc(N)nc(N)c1/C=C/C1CC1. The van der Waals surface area contributed by atoms with E-state index >= 15 is 0 Å². The summed E-state index contributed by atoms with van der Waals surface area (Å²) in [5.41, 5.74) is 13.0. The van der Waals surface area contributed by atoms with E-state index in [2.05, 4.69) is 16.0 Å². The van der Waals surface area contributed by atoms with Crippen LogP contribution in [0.15, 0.2) is 6.08 Å². The lowest BCUT2D eigenvalue weighted by molar-refractivity contribution is 1.10. The van der Waals surface area contributed by atoms with Gasteiger partial charge in [-0.25, -0.2) is 4.98 Å². The van der Waals surface area contributed by atoms with Gasteiger partial charge < -0.3 is 11.5 Å². The van der Waals surface area contributed by atoms with Gasteiger partial charge >= 0.3 is 0 Å². The van der Waals surface area contributed by atoms with Crippen molar-refractivity contribution in [1.29, 1.82) is 0 Å². The number of aryl methyl sites for hydroxylation is 1. The van der Waals surface area contributed by atoms with Gasteiger partial charge in [0.25, 0.3) is 0 Å². The fourth-order valence-corrected chi connectivity index (χ4v) is 1.35. The van der Waals surface area contributed by atoms with Crippen LogP contribution in [0.2, 0.25) is 0 Å². The normalized spacial score (nSPS) is 16.4. The molecule has 74 valence electrons. The first-order valence-electron chi connectivity index (χ1n) is 4.74. The summed E-state index contributed by atoms with van der Waals surface area (Å²) in [4.78, 5) is 7.99. The molecule has 1 saturated carbocycles. The lowest BCUT2D eigenvalue weighted by Gasteiger charge is -2.03. The standard InChI is InChI=1S/C10H14N4/c1-6-8(5-4-7-2-3-7)9(11)14-10(12)13-6/h4-5,7H,2-3H2,1H3,(H4,11,12,13,14)/b5-4+.